The number of rotatable bonds is 4. The first-order valence-electron chi connectivity index (χ1n) is 4.17. The standard InChI is InChI=1S/C8H7N3O6/c12-5(13)1-3(7(15)16)10-4-2-9-8(17)11-6(4)14/h1-2,10H,(H,12,13)(H,15,16)(H2,9,11,14,17)/b3-1-. The number of nitrogens with one attached hydrogen (secondary N) is 3. The maximum atomic E-state index is 11.2. The lowest BCUT2D eigenvalue weighted by Crippen LogP contribution is -2.25. The van der Waals surface area contributed by atoms with Crippen molar-refractivity contribution >= 4 is 17.6 Å². The van der Waals surface area contributed by atoms with Gasteiger partial charge in [0.05, 0.1) is 6.08 Å². The van der Waals surface area contributed by atoms with E-state index in [0.29, 0.717) is 6.08 Å². The van der Waals surface area contributed by atoms with Crippen molar-refractivity contribution in [2.24, 2.45) is 0 Å². The van der Waals surface area contributed by atoms with Crippen molar-refractivity contribution in [3.05, 3.63) is 38.8 Å². The molecular weight excluding hydrogens is 234 g/mol. The van der Waals surface area contributed by atoms with Crippen LogP contribution in [0.25, 0.3) is 0 Å². The van der Waals surface area contributed by atoms with Gasteiger partial charge < -0.3 is 20.5 Å². The number of anilines is 1. The van der Waals surface area contributed by atoms with Crippen LogP contribution in [-0.4, -0.2) is 32.1 Å². The lowest BCUT2D eigenvalue weighted by Gasteiger charge is -2.04. The minimum Gasteiger partial charge on any atom is -0.478 e. The average Bonchev–Trinajstić information content (AvgIpc) is 2.19. The van der Waals surface area contributed by atoms with Crippen LogP contribution in [0.4, 0.5) is 5.69 Å². The van der Waals surface area contributed by atoms with Gasteiger partial charge in [-0.3, -0.25) is 9.78 Å². The van der Waals surface area contributed by atoms with Gasteiger partial charge in [0.25, 0.3) is 5.56 Å². The predicted molar refractivity (Wildman–Crippen MR) is 54.7 cm³/mol. The Kier molecular flexibility index (Phi) is 3.44. The summed E-state index contributed by atoms with van der Waals surface area (Å²) >= 11 is 0. The smallest absolute Gasteiger partial charge is 0.352 e. The highest BCUT2D eigenvalue weighted by Crippen LogP contribution is 2.01. The molecule has 1 heterocycles. The molecule has 0 aromatic carbocycles. The van der Waals surface area contributed by atoms with Crippen molar-refractivity contribution in [3.8, 4) is 0 Å². The van der Waals surface area contributed by atoms with Crippen LogP contribution in [0.3, 0.4) is 0 Å². The molecule has 0 bridgehead atoms. The fraction of sp³-hybridized carbons (Fsp3) is 0. The molecule has 17 heavy (non-hydrogen) atoms. The summed E-state index contributed by atoms with van der Waals surface area (Å²) in [4.78, 5) is 46.8. The quantitative estimate of drug-likeness (QED) is 0.403. The van der Waals surface area contributed by atoms with Gasteiger partial charge in [-0.25, -0.2) is 14.4 Å². The number of aromatic nitrogens is 2. The second-order valence-corrected chi connectivity index (χ2v) is 2.81. The molecule has 5 N–H and O–H groups in total. The molecule has 0 aliphatic carbocycles. The van der Waals surface area contributed by atoms with E-state index in [9.17, 15) is 19.2 Å². The first-order valence-corrected chi connectivity index (χ1v) is 4.17. The molecule has 0 radical (unpaired) electrons. The van der Waals surface area contributed by atoms with E-state index in [2.05, 4.69) is 10.3 Å². The molecule has 0 saturated heterocycles. The Balaban J connectivity index is 3.11. The second kappa shape index (κ2) is 4.79. The molecule has 0 unspecified atom stereocenters. The van der Waals surface area contributed by atoms with Crippen LogP contribution >= 0.6 is 0 Å². The molecule has 0 saturated carbocycles. The molecule has 1 aromatic heterocycles. The highest BCUT2D eigenvalue weighted by Gasteiger charge is 2.11. The van der Waals surface area contributed by atoms with E-state index in [1.807, 2.05) is 4.98 Å². The second-order valence-electron chi connectivity index (χ2n) is 2.81. The Hall–Kier alpha value is -2.84. The van der Waals surface area contributed by atoms with Crippen LogP contribution < -0.4 is 16.6 Å². The fourth-order valence-electron chi connectivity index (χ4n) is 0.922. The van der Waals surface area contributed by atoms with Crippen molar-refractivity contribution in [1.82, 2.24) is 9.97 Å². The molecular formula is C8H7N3O6. The van der Waals surface area contributed by atoms with Gasteiger partial charge in [0.1, 0.15) is 11.4 Å². The number of hydrogen-bond acceptors (Lipinski definition) is 5. The van der Waals surface area contributed by atoms with E-state index < -0.39 is 28.9 Å². The molecule has 0 aliphatic heterocycles. The van der Waals surface area contributed by atoms with Gasteiger partial charge in [0, 0.05) is 6.20 Å². The van der Waals surface area contributed by atoms with E-state index in [0.717, 1.165) is 6.20 Å². The van der Waals surface area contributed by atoms with Crippen LogP contribution in [0.2, 0.25) is 0 Å². The van der Waals surface area contributed by atoms with Gasteiger partial charge >= 0.3 is 17.6 Å². The molecule has 1 aromatic rings. The van der Waals surface area contributed by atoms with E-state index in [1.54, 1.807) is 0 Å². The van der Waals surface area contributed by atoms with Gasteiger partial charge in [-0.2, -0.15) is 0 Å². The molecule has 0 atom stereocenters. The summed E-state index contributed by atoms with van der Waals surface area (Å²) < 4.78 is 0. The number of aliphatic carboxylic acids is 2. The maximum Gasteiger partial charge on any atom is 0.352 e. The largest absolute Gasteiger partial charge is 0.478 e. The molecule has 9 nitrogen and oxygen atoms in total. The van der Waals surface area contributed by atoms with Crippen molar-refractivity contribution in [1.29, 1.82) is 0 Å². The zero-order valence-electron chi connectivity index (χ0n) is 8.18. The average molecular weight is 241 g/mol. The van der Waals surface area contributed by atoms with Gasteiger partial charge in [0.2, 0.25) is 0 Å². The number of carbonyl (C=O) groups is 2. The highest BCUT2D eigenvalue weighted by atomic mass is 16.4. The summed E-state index contributed by atoms with van der Waals surface area (Å²) in [6.07, 6.45) is 1.31. The SMILES string of the molecule is O=C(O)/C=C(\Nc1c[nH]c(=O)[nH]c1=O)C(=O)O. The minimum absolute atomic E-state index is 0.292. The molecule has 0 spiro atoms. The lowest BCUT2D eigenvalue weighted by atomic mass is 10.3. The summed E-state index contributed by atoms with van der Waals surface area (Å²) in [6, 6.07) is 0. The summed E-state index contributed by atoms with van der Waals surface area (Å²) in [5.41, 5.74) is -2.64. The number of H-pyrrole nitrogens is 2. The monoisotopic (exact) mass is 241 g/mol. The first-order chi connectivity index (χ1) is 7.90. The van der Waals surface area contributed by atoms with Crippen LogP contribution in [0.1, 0.15) is 0 Å². The van der Waals surface area contributed by atoms with Gasteiger partial charge in [-0.05, 0) is 0 Å². The summed E-state index contributed by atoms with van der Waals surface area (Å²) in [6.45, 7) is 0. The third kappa shape index (κ3) is 3.34. The predicted octanol–water partition coefficient (Wildman–Crippen LogP) is -1.47. The third-order valence-electron chi connectivity index (χ3n) is 1.59. The Morgan fingerprint density at radius 1 is 1.29 bits per heavy atom. The number of carboxylic acids is 2. The highest BCUT2D eigenvalue weighted by molar-refractivity contribution is 5.97. The van der Waals surface area contributed by atoms with Gasteiger partial charge in [-0.15, -0.1) is 0 Å². The maximum absolute atomic E-state index is 11.2. The van der Waals surface area contributed by atoms with Crippen LogP contribution in [0, 0.1) is 0 Å². The van der Waals surface area contributed by atoms with Gasteiger partial charge in [0.15, 0.2) is 0 Å². The molecule has 0 fully saturated rings. The van der Waals surface area contributed by atoms with E-state index in [4.69, 9.17) is 10.2 Å². The molecule has 90 valence electrons. The fourth-order valence-corrected chi connectivity index (χ4v) is 0.922. The normalized spacial score (nSPS) is 10.9. The van der Waals surface area contributed by atoms with Crippen molar-refractivity contribution in [2.75, 3.05) is 5.32 Å². The number of carboxylic acid groups (broad SMARTS) is 2. The number of hydrogen-bond donors (Lipinski definition) is 5. The summed E-state index contributed by atoms with van der Waals surface area (Å²) in [7, 11) is 0. The van der Waals surface area contributed by atoms with Crippen LogP contribution in [-0.2, 0) is 9.59 Å². The van der Waals surface area contributed by atoms with E-state index >= 15 is 0 Å². The van der Waals surface area contributed by atoms with Crippen molar-refractivity contribution in [2.45, 2.75) is 0 Å². The Morgan fingerprint density at radius 2 is 1.94 bits per heavy atom. The molecule has 9 heteroatoms. The first kappa shape index (κ1) is 12.2. The molecule has 1 rings (SSSR count). The lowest BCUT2D eigenvalue weighted by molar-refractivity contribution is -0.134. The zero-order valence-corrected chi connectivity index (χ0v) is 8.18. The van der Waals surface area contributed by atoms with Crippen molar-refractivity contribution < 1.29 is 19.8 Å². The number of aromatic amines is 2. The van der Waals surface area contributed by atoms with Gasteiger partial charge in [-0.1, -0.05) is 0 Å². The molecule has 0 aliphatic rings. The van der Waals surface area contributed by atoms with Crippen molar-refractivity contribution in [3.63, 3.8) is 0 Å². The Bertz CT molecular complexity index is 596. The summed E-state index contributed by atoms with van der Waals surface area (Å²) in [5.74, 6) is -3.05. The topological polar surface area (TPSA) is 152 Å². The third-order valence-corrected chi connectivity index (χ3v) is 1.59. The van der Waals surface area contributed by atoms with E-state index in [-0.39, 0.29) is 5.69 Å². The van der Waals surface area contributed by atoms with E-state index in [1.165, 1.54) is 0 Å². The summed E-state index contributed by atoms with van der Waals surface area (Å²) in [5, 5.41) is 19.1. The van der Waals surface area contributed by atoms with Crippen LogP contribution in [0.5, 0.6) is 0 Å². The Morgan fingerprint density at radius 3 is 2.41 bits per heavy atom. The van der Waals surface area contributed by atoms with Crippen LogP contribution in [0.15, 0.2) is 27.6 Å². The zero-order chi connectivity index (χ0) is 13.0. The molecule has 0 amide bonds. The minimum atomic E-state index is -1.56. The Labute approximate surface area is 92.4 Å².